The third-order valence-corrected chi connectivity index (χ3v) is 3.57. The van der Waals surface area contributed by atoms with Gasteiger partial charge in [-0.05, 0) is 31.5 Å². The Kier molecular flexibility index (Phi) is 6.98. The third-order valence-electron chi connectivity index (χ3n) is 3.04. The minimum Gasteiger partial charge on any atom is -0.445 e. The fourth-order valence-corrected chi connectivity index (χ4v) is 2.35. The van der Waals surface area contributed by atoms with E-state index in [1.807, 2.05) is 0 Å². The molecule has 0 heterocycles. The molecule has 5 nitrogen and oxygen atoms in total. The lowest BCUT2D eigenvalue weighted by molar-refractivity contribution is -0.131. The summed E-state index contributed by atoms with van der Waals surface area (Å²) >= 11 is 3.32. The van der Waals surface area contributed by atoms with Crippen molar-refractivity contribution >= 4 is 33.6 Å². The number of hydrogen-bond donors (Lipinski definition) is 1. The molecule has 0 saturated heterocycles. The van der Waals surface area contributed by atoms with E-state index in [1.54, 1.807) is 24.3 Å². The van der Waals surface area contributed by atoms with Gasteiger partial charge in [-0.3, -0.25) is 9.59 Å². The quantitative estimate of drug-likeness (QED) is 0.593. The summed E-state index contributed by atoms with van der Waals surface area (Å²) in [7, 11) is 0. The van der Waals surface area contributed by atoms with Gasteiger partial charge in [-0.1, -0.05) is 40.7 Å². The number of halogens is 1. The number of alkyl carbamates (subject to hydrolysis) is 1. The highest BCUT2D eigenvalue weighted by atomic mass is 79.9. The number of carbonyl (C=O) groups is 3. The number of benzene rings is 1. The second kappa shape index (κ2) is 8.48. The van der Waals surface area contributed by atoms with Crippen LogP contribution < -0.4 is 5.32 Å². The first-order chi connectivity index (χ1) is 10.4. The lowest BCUT2D eigenvalue weighted by Gasteiger charge is -2.24. The van der Waals surface area contributed by atoms with Gasteiger partial charge in [0.2, 0.25) is 0 Å². The van der Waals surface area contributed by atoms with Gasteiger partial charge in [-0.2, -0.15) is 0 Å². The van der Waals surface area contributed by atoms with Crippen LogP contribution in [0.2, 0.25) is 0 Å². The Morgan fingerprint density at radius 1 is 1.23 bits per heavy atom. The van der Waals surface area contributed by atoms with E-state index in [2.05, 4.69) is 27.8 Å². The molecule has 0 fully saturated rings. The maximum absolute atomic E-state index is 11.8. The minimum absolute atomic E-state index is 0.0453. The predicted molar refractivity (Wildman–Crippen MR) is 86.4 cm³/mol. The van der Waals surface area contributed by atoms with Gasteiger partial charge in [0, 0.05) is 4.47 Å². The second-order valence-corrected chi connectivity index (χ2v) is 5.68. The molecular formula is C16H18BrNO4. The number of amides is 1. The Hall–Kier alpha value is -1.95. The molecule has 0 aliphatic carbocycles. The maximum Gasteiger partial charge on any atom is 0.407 e. The second-order valence-electron chi connectivity index (χ2n) is 4.76. The van der Waals surface area contributed by atoms with Crippen LogP contribution in [0.4, 0.5) is 4.79 Å². The van der Waals surface area contributed by atoms with Crippen LogP contribution in [-0.2, 0) is 14.3 Å². The molecule has 0 aliphatic rings. The van der Waals surface area contributed by atoms with Gasteiger partial charge in [0.05, 0.1) is 6.04 Å². The largest absolute Gasteiger partial charge is 0.445 e. The molecule has 1 aromatic carbocycles. The summed E-state index contributed by atoms with van der Waals surface area (Å²) in [5.41, 5.74) is 0.647. The normalized spacial score (nSPS) is 11.6. The molecule has 1 aromatic rings. The van der Waals surface area contributed by atoms with Gasteiger partial charge in [0.25, 0.3) is 0 Å². The first kappa shape index (κ1) is 18.1. The molecule has 0 aliphatic heterocycles. The number of ketones is 2. The molecule has 0 aromatic heterocycles. The summed E-state index contributed by atoms with van der Waals surface area (Å²) < 4.78 is 5.73. The van der Waals surface area contributed by atoms with Crippen LogP contribution >= 0.6 is 15.9 Å². The molecule has 0 spiro atoms. The molecule has 1 amide bonds. The Labute approximate surface area is 137 Å². The lowest BCUT2D eigenvalue weighted by Crippen LogP contribution is -2.39. The minimum atomic E-state index is -0.961. The van der Waals surface area contributed by atoms with E-state index in [4.69, 9.17) is 4.74 Å². The van der Waals surface area contributed by atoms with Gasteiger partial charge in [-0.15, -0.1) is 0 Å². The average molecular weight is 368 g/mol. The standard InChI is InChI=1S/C16H18BrNO4/c1-4-9-22-16(21)18-15(14(10(2)19)11(3)20)12-5-7-13(17)8-6-12/h4-8,14-15H,1,9H2,2-3H3,(H,18,21)/t15-/m0/s1. The van der Waals surface area contributed by atoms with Crippen LogP contribution in [0, 0.1) is 5.92 Å². The van der Waals surface area contributed by atoms with Crippen molar-refractivity contribution in [1.29, 1.82) is 0 Å². The molecule has 0 saturated carbocycles. The number of hydrogen-bond acceptors (Lipinski definition) is 4. The molecule has 0 bridgehead atoms. The first-order valence-corrected chi connectivity index (χ1v) is 7.46. The number of Topliss-reactive ketones (excluding diaryl/α,β-unsaturated/α-hetero) is 2. The molecule has 1 N–H and O–H groups in total. The Bertz CT molecular complexity index is 554. The van der Waals surface area contributed by atoms with Crippen molar-refractivity contribution in [3.05, 3.63) is 47.0 Å². The highest BCUT2D eigenvalue weighted by Gasteiger charge is 2.32. The van der Waals surface area contributed by atoms with E-state index in [0.29, 0.717) is 5.56 Å². The fourth-order valence-electron chi connectivity index (χ4n) is 2.09. The maximum atomic E-state index is 11.8. The van der Waals surface area contributed by atoms with Crippen LogP contribution in [0.3, 0.4) is 0 Å². The molecule has 1 atom stereocenters. The van der Waals surface area contributed by atoms with Crippen LogP contribution in [-0.4, -0.2) is 24.3 Å². The molecule has 22 heavy (non-hydrogen) atoms. The Balaban J connectivity index is 3.10. The SMILES string of the molecule is C=CCOC(=O)N[C@@H](c1ccc(Br)cc1)C(C(C)=O)C(C)=O. The topological polar surface area (TPSA) is 72.5 Å². The van der Waals surface area contributed by atoms with Crippen molar-refractivity contribution in [3.8, 4) is 0 Å². The van der Waals surface area contributed by atoms with Gasteiger partial charge in [0.15, 0.2) is 0 Å². The number of nitrogens with one attached hydrogen (secondary N) is 1. The molecule has 0 unspecified atom stereocenters. The average Bonchev–Trinajstić information content (AvgIpc) is 2.44. The van der Waals surface area contributed by atoms with Crippen LogP contribution in [0.15, 0.2) is 41.4 Å². The summed E-state index contributed by atoms with van der Waals surface area (Å²) in [6.07, 6.45) is 0.724. The van der Waals surface area contributed by atoms with E-state index in [0.717, 1.165) is 4.47 Å². The van der Waals surface area contributed by atoms with Crippen LogP contribution in [0.1, 0.15) is 25.5 Å². The van der Waals surface area contributed by atoms with E-state index < -0.39 is 18.1 Å². The van der Waals surface area contributed by atoms with Crippen LogP contribution in [0.5, 0.6) is 0 Å². The highest BCUT2D eigenvalue weighted by molar-refractivity contribution is 9.10. The zero-order chi connectivity index (χ0) is 16.7. The highest BCUT2D eigenvalue weighted by Crippen LogP contribution is 2.25. The fraction of sp³-hybridized carbons (Fsp3) is 0.312. The summed E-state index contributed by atoms with van der Waals surface area (Å²) in [5, 5.41) is 2.58. The molecular weight excluding hydrogens is 350 g/mol. The van der Waals surface area contributed by atoms with E-state index in [-0.39, 0.29) is 18.2 Å². The summed E-state index contributed by atoms with van der Waals surface area (Å²) in [4.78, 5) is 35.4. The zero-order valence-electron chi connectivity index (χ0n) is 12.5. The van der Waals surface area contributed by atoms with Crippen molar-refractivity contribution in [2.45, 2.75) is 19.9 Å². The summed E-state index contributed by atoms with van der Waals surface area (Å²) in [6, 6.07) is 6.25. The zero-order valence-corrected chi connectivity index (χ0v) is 14.1. The van der Waals surface area contributed by atoms with Gasteiger partial charge < -0.3 is 10.1 Å². The predicted octanol–water partition coefficient (Wildman–Crippen LogP) is 3.20. The molecule has 1 rings (SSSR count). The van der Waals surface area contributed by atoms with Crippen molar-refractivity contribution in [3.63, 3.8) is 0 Å². The number of ether oxygens (including phenoxy) is 1. The van der Waals surface area contributed by atoms with Gasteiger partial charge >= 0.3 is 6.09 Å². The van der Waals surface area contributed by atoms with Crippen molar-refractivity contribution < 1.29 is 19.1 Å². The monoisotopic (exact) mass is 367 g/mol. The first-order valence-electron chi connectivity index (χ1n) is 6.67. The van der Waals surface area contributed by atoms with E-state index in [1.165, 1.54) is 19.9 Å². The van der Waals surface area contributed by atoms with Crippen molar-refractivity contribution in [1.82, 2.24) is 5.32 Å². The van der Waals surface area contributed by atoms with Crippen LogP contribution in [0.25, 0.3) is 0 Å². The third kappa shape index (κ3) is 5.11. The van der Waals surface area contributed by atoms with Gasteiger partial charge in [0.1, 0.15) is 24.1 Å². The smallest absolute Gasteiger partial charge is 0.407 e. The molecule has 6 heteroatoms. The number of rotatable bonds is 7. The van der Waals surface area contributed by atoms with E-state index >= 15 is 0 Å². The van der Waals surface area contributed by atoms with E-state index in [9.17, 15) is 14.4 Å². The molecule has 0 radical (unpaired) electrons. The Morgan fingerprint density at radius 2 is 1.77 bits per heavy atom. The lowest BCUT2D eigenvalue weighted by atomic mass is 9.87. The van der Waals surface area contributed by atoms with Crippen molar-refractivity contribution in [2.24, 2.45) is 5.92 Å². The number of carbonyl (C=O) groups excluding carboxylic acids is 3. The van der Waals surface area contributed by atoms with Gasteiger partial charge in [-0.25, -0.2) is 4.79 Å². The summed E-state index contributed by atoms with van der Waals surface area (Å²) in [6.45, 7) is 6.15. The summed E-state index contributed by atoms with van der Waals surface area (Å²) in [5.74, 6) is -1.59. The van der Waals surface area contributed by atoms with Crippen molar-refractivity contribution in [2.75, 3.05) is 6.61 Å². The Morgan fingerprint density at radius 3 is 2.23 bits per heavy atom. The molecule has 118 valence electrons.